The maximum atomic E-state index is 11.4. The molecule has 0 aliphatic heterocycles. The van der Waals surface area contributed by atoms with Gasteiger partial charge in [-0.1, -0.05) is 0 Å². The molecular formula is C12H16N2O6S. The van der Waals surface area contributed by atoms with Gasteiger partial charge in [0.05, 0.1) is 23.3 Å². The van der Waals surface area contributed by atoms with Crippen molar-refractivity contribution in [2.45, 2.75) is 13.0 Å². The fourth-order valence-corrected chi connectivity index (χ4v) is 2.81. The Labute approximate surface area is 122 Å². The first-order chi connectivity index (χ1) is 9.64. The lowest BCUT2D eigenvalue weighted by atomic mass is 10.1. The van der Waals surface area contributed by atoms with Crippen LogP contribution in [0.5, 0.6) is 0 Å². The van der Waals surface area contributed by atoms with Crippen molar-refractivity contribution in [3.05, 3.63) is 33.9 Å². The monoisotopic (exact) mass is 316 g/mol. The highest BCUT2D eigenvalue weighted by Crippen LogP contribution is 2.26. The lowest BCUT2D eigenvalue weighted by Gasteiger charge is -2.14. The number of methoxy groups -OCH3 is 1. The Bertz CT molecular complexity index is 656. The second-order valence-electron chi connectivity index (χ2n) is 4.62. The number of carbonyl (C=O) groups excluding carboxylic acids is 1. The van der Waals surface area contributed by atoms with Gasteiger partial charge in [0.25, 0.3) is 5.69 Å². The fourth-order valence-electron chi connectivity index (χ4n) is 1.82. The van der Waals surface area contributed by atoms with Gasteiger partial charge in [-0.25, -0.2) is 13.2 Å². The third-order valence-corrected chi connectivity index (χ3v) is 3.67. The Kier molecular flexibility index (Phi) is 5.25. The number of nitro groups is 1. The van der Waals surface area contributed by atoms with Gasteiger partial charge in [-0.2, -0.15) is 0 Å². The number of sulfone groups is 1. The highest BCUT2D eigenvalue weighted by Gasteiger charge is 2.20. The molecule has 21 heavy (non-hydrogen) atoms. The molecule has 9 heteroatoms. The van der Waals surface area contributed by atoms with Crippen molar-refractivity contribution in [1.82, 2.24) is 0 Å². The minimum Gasteiger partial charge on any atom is -0.465 e. The lowest BCUT2D eigenvalue weighted by molar-refractivity contribution is -0.384. The van der Waals surface area contributed by atoms with E-state index >= 15 is 0 Å². The topological polar surface area (TPSA) is 116 Å². The number of benzene rings is 1. The van der Waals surface area contributed by atoms with Gasteiger partial charge >= 0.3 is 5.97 Å². The molecule has 1 aromatic carbocycles. The number of nitro benzene ring substituents is 1. The summed E-state index contributed by atoms with van der Waals surface area (Å²) >= 11 is 0. The van der Waals surface area contributed by atoms with Crippen LogP contribution >= 0.6 is 0 Å². The van der Waals surface area contributed by atoms with Crippen molar-refractivity contribution in [3.63, 3.8) is 0 Å². The summed E-state index contributed by atoms with van der Waals surface area (Å²) in [4.78, 5) is 21.8. The van der Waals surface area contributed by atoms with Gasteiger partial charge in [0, 0.05) is 18.4 Å². The quantitative estimate of drug-likeness (QED) is 0.476. The Morgan fingerprint density at radius 3 is 2.57 bits per heavy atom. The molecule has 1 aromatic rings. The first-order valence-electron chi connectivity index (χ1n) is 5.95. The third-order valence-electron chi connectivity index (χ3n) is 2.57. The fraction of sp³-hybridized carbons (Fsp3) is 0.417. The van der Waals surface area contributed by atoms with Crippen molar-refractivity contribution in [2.24, 2.45) is 0 Å². The van der Waals surface area contributed by atoms with Gasteiger partial charge in [-0.3, -0.25) is 10.1 Å². The van der Waals surface area contributed by atoms with Gasteiger partial charge in [0.15, 0.2) is 0 Å². The molecule has 0 saturated heterocycles. The van der Waals surface area contributed by atoms with Gasteiger partial charge < -0.3 is 10.1 Å². The molecule has 0 aliphatic rings. The second kappa shape index (κ2) is 6.53. The van der Waals surface area contributed by atoms with E-state index in [4.69, 9.17) is 0 Å². The van der Waals surface area contributed by atoms with Crippen LogP contribution in [0.1, 0.15) is 17.3 Å². The zero-order chi connectivity index (χ0) is 16.2. The molecule has 1 atom stereocenters. The van der Waals surface area contributed by atoms with Gasteiger partial charge in [-0.05, 0) is 19.1 Å². The van der Waals surface area contributed by atoms with Crippen molar-refractivity contribution in [2.75, 3.05) is 24.4 Å². The average Bonchev–Trinajstić information content (AvgIpc) is 2.34. The van der Waals surface area contributed by atoms with E-state index in [-0.39, 0.29) is 22.7 Å². The first-order valence-corrected chi connectivity index (χ1v) is 8.01. The molecule has 0 aliphatic carbocycles. The Hall–Kier alpha value is -2.16. The van der Waals surface area contributed by atoms with Crippen LogP contribution in [-0.4, -0.2) is 44.5 Å². The Morgan fingerprint density at radius 1 is 1.48 bits per heavy atom. The predicted octanol–water partition coefficient (Wildman–Crippen LogP) is 1.23. The predicted molar refractivity (Wildman–Crippen MR) is 77.2 cm³/mol. The molecule has 0 spiro atoms. The summed E-state index contributed by atoms with van der Waals surface area (Å²) in [5.74, 6) is -0.823. The summed E-state index contributed by atoms with van der Waals surface area (Å²) < 4.78 is 27.0. The summed E-state index contributed by atoms with van der Waals surface area (Å²) in [6.07, 6.45) is 1.07. The van der Waals surface area contributed by atoms with E-state index in [1.807, 2.05) is 0 Å². The number of rotatable bonds is 6. The molecule has 116 valence electrons. The number of nitrogens with one attached hydrogen (secondary N) is 1. The van der Waals surface area contributed by atoms with E-state index in [0.717, 1.165) is 6.26 Å². The second-order valence-corrected chi connectivity index (χ2v) is 6.80. The number of ether oxygens (including phenoxy) is 1. The molecule has 1 N–H and O–H groups in total. The number of hydrogen-bond donors (Lipinski definition) is 1. The molecule has 0 aromatic heterocycles. The number of carbonyl (C=O) groups is 1. The van der Waals surface area contributed by atoms with Crippen LogP contribution in [0.2, 0.25) is 0 Å². The van der Waals surface area contributed by atoms with Crippen molar-refractivity contribution < 1.29 is 22.9 Å². The largest absolute Gasteiger partial charge is 0.465 e. The molecule has 1 rings (SSSR count). The van der Waals surface area contributed by atoms with E-state index in [0.29, 0.717) is 0 Å². The zero-order valence-corrected chi connectivity index (χ0v) is 12.6. The van der Waals surface area contributed by atoms with E-state index in [1.165, 1.54) is 25.3 Å². The van der Waals surface area contributed by atoms with Gasteiger partial charge in [0.1, 0.15) is 15.5 Å². The molecule has 0 heterocycles. The number of esters is 1. The third kappa shape index (κ3) is 5.03. The summed E-state index contributed by atoms with van der Waals surface area (Å²) in [6, 6.07) is 3.16. The van der Waals surface area contributed by atoms with E-state index in [1.54, 1.807) is 6.92 Å². The summed E-state index contributed by atoms with van der Waals surface area (Å²) in [7, 11) is -2.03. The maximum absolute atomic E-state index is 11.4. The Morgan fingerprint density at radius 2 is 2.10 bits per heavy atom. The lowest BCUT2D eigenvalue weighted by Crippen LogP contribution is -2.25. The summed E-state index contributed by atoms with van der Waals surface area (Å²) in [5.41, 5.74) is -0.0424. The number of nitrogens with zero attached hydrogens (tertiary/aromatic N) is 1. The van der Waals surface area contributed by atoms with Crippen LogP contribution in [0.3, 0.4) is 0 Å². The highest BCUT2D eigenvalue weighted by molar-refractivity contribution is 7.90. The SMILES string of the molecule is COC(=O)c1ccc([N+](=O)[O-])c(NC(C)CS(C)(=O)=O)c1. The molecule has 1 unspecified atom stereocenters. The summed E-state index contributed by atoms with van der Waals surface area (Å²) in [6.45, 7) is 1.58. The van der Waals surface area contributed by atoms with Crippen molar-refractivity contribution >= 4 is 27.2 Å². The van der Waals surface area contributed by atoms with Gasteiger partial charge in [0.2, 0.25) is 0 Å². The standard InChI is InChI=1S/C12H16N2O6S/c1-8(7-21(3,18)19)13-10-6-9(12(15)20-2)4-5-11(10)14(16)17/h4-6,8,13H,7H2,1-3H3. The number of hydrogen-bond acceptors (Lipinski definition) is 7. The normalized spacial score (nSPS) is 12.5. The Balaban J connectivity index is 3.12. The zero-order valence-electron chi connectivity index (χ0n) is 11.8. The van der Waals surface area contributed by atoms with Crippen molar-refractivity contribution in [1.29, 1.82) is 0 Å². The number of anilines is 1. The minimum atomic E-state index is -3.23. The summed E-state index contributed by atoms with van der Waals surface area (Å²) in [5, 5.41) is 13.7. The van der Waals surface area contributed by atoms with Crippen LogP contribution < -0.4 is 5.32 Å². The van der Waals surface area contributed by atoms with E-state index in [9.17, 15) is 23.3 Å². The average molecular weight is 316 g/mol. The first kappa shape index (κ1) is 16.9. The molecule has 0 fully saturated rings. The van der Waals surface area contributed by atoms with Crippen LogP contribution in [0.15, 0.2) is 18.2 Å². The maximum Gasteiger partial charge on any atom is 0.337 e. The minimum absolute atomic E-state index is 0.0686. The van der Waals surface area contributed by atoms with E-state index in [2.05, 4.69) is 10.1 Å². The van der Waals surface area contributed by atoms with Crippen LogP contribution in [0.25, 0.3) is 0 Å². The van der Waals surface area contributed by atoms with Crippen LogP contribution in [-0.2, 0) is 14.6 Å². The van der Waals surface area contributed by atoms with Crippen LogP contribution in [0, 0.1) is 10.1 Å². The van der Waals surface area contributed by atoms with Gasteiger partial charge in [-0.15, -0.1) is 0 Å². The molecule has 0 amide bonds. The highest BCUT2D eigenvalue weighted by atomic mass is 32.2. The molecular weight excluding hydrogens is 300 g/mol. The smallest absolute Gasteiger partial charge is 0.337 e. The molecule has 0 bridgehead atoms. The molecule has 0 radical (unpaired) electrons. The van der Waals surface area contributed by atoms with Crippen molar-refractivity contribution in [3.8, 4) is 0 Å². The van der Waals surface area contributed by atoms with E-state index < -0.39 is 26.8 Å². The van der Waals surface area contributed by atoms with Crippen LogP contribution in [0.4, 0.5) is 11.4 Å². The molecule has 0 saturated carbocycles. The molecule has 8 nitrogen and oxygen atoms in total.